The van der Waals surface area contributed by atoms with Crippen LogP contribution in [0.1, 0.15) is 69.2 Å². The summed E-state index contributed by atoms with van der Waals surface area (Å²) in [5.74, 6) is -2.13. The molecule has 0 unspecified atom stereocenters. The van der Waals surface area contributed by atoms with E-state index < -0.39 is 65.0 Å². The Balaban J connectivity index is 3.67. The van der Waals surface area contributed by atoms with E-state index in [9.17, 15) is 18.4 Å². The zero-order chi connectivity index (χ0) is 28.7. The van der Waals surface area contributed by atoms with Crippen molar-refractivity contribution in [1.29, 1.82) is 0 Å². The van der Waals surface area contributed by atoms with Crippen LogP contribution < -0.4 is 0 Å². The van der Waals surface area contributed by atoms with Crippen molar-refractivity contribution in [3.05, 3.63) is 0 Å². The fourth-order valence-corrected chi connectivity index (χ4v) is 5.78. The number of carbonyl (C=O) groups is 2. The first-order valence-corrected chi connectivity index (χ1v) is 18.4. The summed E-state index contributed by atoms with van der Waals surface area (Å²) in [5, 5.41) is -0.470. The lowest BCUT2D eigenvalue weighted by Crippen LogP contribution is -2.52. The summed E-state index contributed by atoms with van der Waals surface area (Å²) in [4.78, 5) is 26.7. The summed E-state index contributed by atoms with van der Waals surface area (Å²) < 4.78 is 53.6. The fourth-order valence-electron chi connectivity index (χ4n) is 3.46. The zero-order valence-corrected chi connectivity index (χ0v) is 26.7. The molecular weight excluding hydrogens is 504 g/mol. The molecule has 1 aliphatic heterocycles. The van der Waals surface area contributed by atoms with Crippen molar-refractivity contribution in [2.75, 3.05) is 6.61 Å². The van der Waals surface area contributed by atoms with Crippen molar-refractivity contribution in [3.8, 4) is 0 Å². The average Bonchev–Trinajstić information content (AvgIpc) is 2.89. The SMILES string of the molecule is CC(=O)O[C@H]1[C@H](O[Si](C)(C)C(C)(C)C)[C@H](C(F)F)[C@@H](CO[Si](C)(C)C(C)(C)C)N1C(=O)OC(C)(C)C. The summed E-state index contributed by atoms with van der Waals surface area (Å²) in [6.07, 6.45) is -6.28. The molecule has 1 heterocycles. The molecule has 1 fully saturated rings. The Morgan fingerprint density at radius 2 is 1.36 bits per heavy atom. The summed E-state index contributed by atoms with van der Waals surface area (Å²) in [7, 11) is -4.98. The molecule has 0 spiro atoms. The van der Waals surface area contributed by atoms with Gasteiger partial charge in [-0.3, -0.25) is 9.69 Å². The van der Waals surface area contributed by atoms with E-state index in [4.69, 9.17) is 18.3 Å². The number of likely N-dealkylation sites (tertiary alicyclic amines) is 1. The smallest absolute Gasteiger partial charge is 0.413 e. The van der Waals surface area contributed by atoms with E-state index in [1.54, 1.807) is 20.8 Å². The standard InChI is InChI=1S/C25H49F2NO6Si2/c1-16(29)32-21-19(34-36(13,14)25(8,9)10)18(20(26)27)17(15-31-35(11,12)24(5,6)7)28(21)22(30)33-23(2,3)4/h17-21H,15H2,1-14H3/t17-,18-,19-,21+/m1/s1. The summed E-state index contributed by atoms with van der Waals surface area (Å²) in [6.45, 7) is 26.2. The van der Waals surface area contributed by atoms with E-state index in [1.807, 2.05) is 47.0 Å². The minimum absolute atomic E-state index is 0.139. The topological polar surface area (TPSA) is 74.3 Å². The van der Waals surface area contributed by atoms with Crippen LogP contribution in [0.2, 0.25) is 36.3 Å². The molecule has 0 N–H and O–H groups in total. The van der Waals surface area contributed by atoms with Gasteiger partial charge in [-0.05, 0) is 57.0 Å². The Hall–Kier alpha value is -1.05. The Labute approximate surface area is 218 Å². The molecular formula is C25H49F2NO6Si2. The van der Waals surface area contributed by atoms with Crippen molar-refractivity contribution in [2.24, 2.45) is 5.92 Å². The lowest BCUT2D eigenvalue weighted by molar-refractivity contribution is -0.161. The molecule has 7 nitrogen and oxygen atoms in total. The zero-order valence-electron chi connectivity index (χ0n) is 24.7. The molecule has 36 heavy (non-hydrogen) atoms. The number of hydrogen-bond acceptors (Lipinski definition) is 6. The van der Waals surface area contributed by atoms with E-state index in [2.05, 4.69) is 20.8 Å². The van der Waals surface area contributed by atoms with Crippen LogP contribution in [-0.2, 0) is 23.1 Å². The molecule has 212 valence electrons. The largest absolute Gasteiger partial charge is 0.444 e. The van der Waals surface area contributed by atoms with E-state index in [0.29, 0.717) is 0 Å². The van der Waals surface area contributed by atoms with Gasteiger partial charge in [0.25, 0.3) is 0 Å². The third-order valence-corrected chi connectivity index (χ3v) is 16.6. The predicted molar refractivity (Wildman–Crippen MR) is 142 cm³/mol. The highest BCUT2D eigenvalue weighted by Gasteiger charge is 2.60. The van der Waals surface area contributed by atoms with Gasteiger partial charge in [-0.25, -0.2) is 13.6 Å². The number of hydrogen-bond donors (Lipinski definition) is 0. The second-order valence-electron chi connectivity index (χ2n) is 13.8. The number of rotatable bonds is 7. The molecule has 1 rings (SSSR count). The maximum absolute atomic E-state index is 14.8. The van der Waals surface area contributed by atoms with E-state index in [0.717, 1.165) is 4.90 Å². The maximum Gasteiger partial charge on any atom is 0.413 e. The molecule has 1 amide bonds. The lowest BCUT2D eigenvalue weighted by Gasteiger charge is -2.40. The number of esters is 1. The Kier molecular flexibility index (Phi) is 10.1. The molecule has 0 aliphatic carbocycles. The normalized spacial score (nSPS) is 24.3. The van der Waals surface area contributed by atoms with Crippen molar-refractivity contribution in [2.45, 2.75) is 136 Å². The summed E-state index contributed by atoms with van der Waals surface area (Å²) in [5.41, 5.74) is -0.888. The van der Waals surface area contributed by atoms with Gasteiger partial charge in [0.15, 0.2) is 16.6 Å². The average molecular weight is 554 g/mol. The van der Waals surface area contributed by atoms with Gasteiger partial charge in [0.1, 0.15) is 11.7 Å². The van der Waals surface area contributed by atoms with Crippen LogP contribution in [0, 0.1) is 5.92 Å². The number of alkyl halides is 2. The van der Waals surface area contributed by atoms with E-state index in [-0.39, 0.29) is 16.7 Å². The summed E-state index contributed by atoms with van der Waals surface area (Å²) in [6, 6.07) is -1.10. The van der Waals surface area contributed by atoms with Crippen LogP contribution >= 0.6 is 0 Å². The third kappa shape index (κ3) is 7.98. The van der Waals surface area contributed by atoms with Crippen LogP contribution in [-0.4, -0.2) is 70.6 Å². The second-order valence-corrected chi connectivity index (χ2v) is 23.3. The molecule has 0 bridgehead atoms. The maximum atomic E-state index is 14.8. The first-order valence-electron chi connectivity index (χ1n) is 12.6. The quantitative estimate of drug-likeness (QED) is 0.255. The Morgan fingerprint density at radius 1 is 0.889 bits per heavy atom. The number of amides is 1. The summed E-state index contributed by atoms with van der Waals surface area (Å²) >= 11 is 0. The van der Waals surface area contributed by atoms with E-state index in [1.165, 1.54) is 6.92 Å². The van der Waals surface area contributed by atoms with Crippen LogP contribution in [0.25, 0.3) is 0 Å². The van der Waals surface area contributed by atoms with Gasteiger partial charge in [-0.15, -0.1) is 0 Å². The van der Waals surface area contributed by atoms with Gasteiger partial charge in [-0.1, -0.05) is 41.5 Å². The number of halogens is 2. The van der Waals surface area contributed by atoms with Crippen molar-refractivity contribution >= 4 is 28.7 Å². The molecule has 0 aromatic carbocycles. The molecule has 0 aromatic rings. The Bertz CT molecular complexity index is 787. The van der Waals surface area contributed by atoms with Crippen molar-refractivity contribution in [1.82, 2.24) is 4.90 Å². The first-order chi connectivity index (χ1) is 15.8. The van der Waals surface area contributed by atoms with Gasteiger partial charge in [0.2, 0.25) is 12.7 Å². The van der Waals surface area contributed by atoms with Crippen LogP contribution in [0.4, 0.5) is 13.6 Å². The molecule has 11 heteroatoms. The van der Waals surface area contributed by atoms with Gasteiger partial charge in [0, 0.05) is 6.92 Å². The van der Waals surface area contributed by atoms with E-state index >= 15 is 0 Å². The van der Waals surface area contributed by atoms with Crippen LogP contribution in [0.5, 0.6) is 0 Å². The van der Waals surface area contributed by atoms with Crippen molar-refractivity contribution in [3.63, 3.8) is 0 Å². The van der Waals surface area contributed by atoms with Crippen LogP contribution in [0.3, 0.4) is 0 Å². The minimum Gasteiger partial charge on any atom is -0.444 e. The Morgan fingerprint density at radius 3 is 1.72 bits per heavy atom. The second kappa shape index (κ2) is 11.0. The molecule has 1 aliphatic rings. The molecule has 0 radical (unpaired) electrons. The molecule has 0 aromatic heterocycles. The lowest BCUT2D eigenvalue weighted by atomic mass is 9.99. The third-order valence-electron chi connectivity index (χ3n) is 7.58. The van der Waals surface area contributed by atoms with Gasteiger partial charge < -0.3 is 18.3 Å². The minimum atomic E-state index is -2.85. The highest BCUT2D eigenvalue weighted by molar-refractivity contribution is 6.74. The first kappa shape index (κ1) is 33.0. The highest BCUT2D eigenvalue weighted by Crippen LogP contribution is 2.45. The van der Waals surface area contributed by atoms with Crippen LogP contribution in [0.15, 0.2) is 0 Å². The monoisotopic (exact) mass is 553 g/mol. The molecule has 0 saturated carbocycles. The molecule has 1 saturated heterocycles. The number of ether oxygens (including phenoxy) is 2. The number of carbonyl (C=O) groups excluding carboxylic acids is 2. The molecule has 4 atom stereocenters. The fraction of sp³-hybridized carbons (Fsp3) is 0.920. The van der Waals surface area contributed by atoms with Gasteiger partial charge in [-0.2, -0.15) is 0 Å². The number of nitrogens with zero attached hydrogens (tertiary/aromatic N) is 1. The van der Waals surface area contributed by atoms with Gasteiger partial charge in [0.05, 0.1) is 18.6 Å². The van der Waals surface area contributed by atoms with Gasteiger partial charge >= 0.3 is 12.1 Å². The highest BCUT2D eigenvalue weighted by atomic mass is 28.4. The predicted octanol–water partition coefficient (Wildman–Crippen LogP) is 6.79. The van der Waals surface area contributed by atoms with Crippen molar-refractivity contribution < 1.29 is 36.7 Å².